The monoisotopic (exact) mass is 520 g/mol. The number of nitrogens with one attached hydrogen (secondary N) is 3. The maximum absolute atomic E-state index is 12.1. The Morgan fingerprint density at radius 3 is 2.64 bits per heavy atom. The molecule has 8 heteroatoms. The van der Waals surface area contributed by atoms with E-state index in [4.69, 9.17) is 0 Å². The van der Waals surface area contributed by atoms with Crippen molar-refractivity contribution in [2.45, 2.75) is 50.3 Å². The third-order valence-corrected chi connectivity index (χ3v) is 6.58. The number of carbonyl (C=O) groups is 1. The second-order valence-electron chi connectivity index (χ2n) is 6.81. The summed E-state index contributed by atoms with van der Waals surface area (Å²) in [5.74, 6) is 1.29. The summed E-state index contributed by atoms with van der Waals surface area (Å²) in [4.78, 5) is 16.2. The Bertz CT molecular complexity index is 642. The van der Waals surface area contributed by atoms with Gasteiger partial charge in [0.05, 0.1) is 6.54 Å². The first-order valence-corrected chi connectivity index (χ1v) is 11.2. The molecule has 0 saturated heterocycles. The molecule has 1 saturated carbocycles. The molecular formula is C20H33IN4O2S. The predicted molar refractivity (Wildman–Crippen MR) is 128 cm³/mol. The van der Waals surface area contributed by atoms with Crippen LogP contribution in [0.1, 0.15) is 38.2 Å². The molecule has 6 nitrogen and oxygen atoms in total. The van der Waals surface area contributed by atoms with Crippen LogP contribution in [0, 0.1) is 0 Å². The molecule has 1 aromatic rings. The van der Waals surface area contributed by atoms with Gasteiger partial charge in [0, 0.05) is 41.4 Å². The molecule has 0 bridgehead atoms. The summed E-state index contributed by atoms with van der Waals surface area (Å²) in [5.41, 5.74) is 1.21. The first-order valence-electron chi connectivity index (χ1n) is 9.77. The summed E-state index contributed by atoms with van der Waals surface area (Å²) < 4.78 is 12.1. The number of aliphatic imine (C=N–C) groups is 1. The van der Waals surface area contributed by atoms with Crippen LogP contribution in [0.15, 0.2) is 35.3 Å². The number of benzene rings is 1. The lowest BCUT2D eigenvalue weighted by Gasteiger charge is -2.30. The Hall–Kier alpha value is -1.16. The van der Waals surface area contributed by atoms with Gasteiger partial charge in [0.25, 0.3) is 0 Å². The van der Waals surface area contributed by atoms with E-state index in [1.807, 2.05) is 25.1 Å². The third kappa shape index (κ3) is 8.89. The van der Waals surface area contributed by atoms with Crippen LogP contribution in [0.25, 0.3) is 0 Å². The summed E-state index contributed by atoms with van der Waals surface area (Å²) in [7, 11) is 0.955. The average molecular weight is 520 g/mol. The second-order valence-corrected chi connectivity index (χ2v) is 8.82. The molecule has 0 heterocycles. The molecule has 3 unspecified atom stereocenters. The highest BCUT2D eigenvalue weighted by molar-refractivity contribution is 14.0. The Morgan fingerprint density at radius 1 is 1.21 bits per heavy atom. The highest BCUT2D eigenvalue weighted by Crippen LogP contribution is 2.22. The van der Waals surface area contributed by atoms with Crippen LogP contribution in [-0.4, -0.2) is 53.3 Å². The van der Waals surface area contributed by atoms with Crippen LogP contribution < -0.4 is 16.0 Å². The SMILES string of the molecule is CCS(=O)C1CCCC(NC(=NC)NCC(=O)NCCc2ccccc2)C1.I. The number of guanidine groups is 1. The highest BCUT2D eigenvalue weighted by atomic mass is 127. The molecule has 2 rings (SSSR count). The lowest BCUT2D eigenvalue weighted by molar-refractivity contribution is -0.119. The zero-order chi connectivity index (χ0) is 19.5. The van der Waals surface area contributed by atoms with E-state index in [9.17, 15) is 9.00 Å². The van der Waals surface area contributed by atoms with Gasteiger partial charge in [-0.3, -0.25) is 14.0 Å². The molecule has 1 fully saturated rings. The molecule has 3 N–H and O–H groups in total. The molecule has 28 heavy (non-hydrogen) atoms. The molecule has 1 aromatic carbocycles. The number of halogens is 1. The van der Waals surface area contributed by atoms with Gasteiger partial charge < -0.3 is 16.0 Å². The van der Waals surface area contributed by atoms with Crippen LogP contribution >= 0.6 is 24.0 Å². The standard InChI is InChI=1S/C20H32N4O2S.HI/c1-3-27(26)18-11-7-10-17(14-18)24-20(21-2)23-15-19(25)22-13-12-16-8-5-4-6-9-16;/h4-6,8-9,17-18H,3,7,10-15H2,1-2H3,(H,22,25)(H2,21,23,24);1H. The minimum absolute atomic E-state index is 0. The first kappa shape index (κ1) is 24.9. The zero-order valence-electron chi connectivity index (χ0n) is 16.8. The number of hydrogen-bond acceptors (Lipinski definition) is 3. The predicted octanol–water partition coefficient (Wildman–Crippen LogP) is 2.21. The summed E-state index contributed by atoms with van der Waals surface area (Å²) in [5, 5.41) is 9.63. The van der Waals surface area contributed by atoms with E-state index in [2.05, 4.69) is 33.1 Å². The largest absolute Gasteiger partial charge is 0.354 e. The number of hydrogen-bond donors (Lipinski definition) is 3. The van der Waals surface area contributed by atoms with Gasteiger partial charge in [-0.1, -0.05) is 43.7 Å². The van der Waals surface area contributed by atoms with Crippen LogP contribution in [-0.2, 0) is 22.0 Å². The normalized spacial score (nSPS) is 20.6. The summed E-state index contributed by atoms with van der Waals surface area (Å²) in [6.07, 6.45) is 4.86. The summed E-state index contributed by atoms with van der Waals surface area (Å²) in [6.45, 7) is 2.78. The Kier molecular flexibility index (Phi) is 12.4. The summed E-state index contributed by atoms with van der Waals surface area (Å²) >= 11 is 0. The summed E-state index contributed by atoms with van der Waals surface area (Å²) in [6, 6.07) is 10.4. The van der Waals surface area contributed by atoms with Gasteiger partial charge in [0.1, 0.15) is 0 Å². The van der Waals surface area contributed by atoms with Crippen molar-refractivity contribution < 1.29 is 9.00 Å². The van der Waals surface area contributed by atoms with E-state index in [1.165, 1.54) is 5.56 Å². The Balaban J connectivity index is 0.00000392. The smallest absolute Gasteiger partial charge is 0.239 e. The van der Waals surface area contributed by atoms with Gasteiger partial charge in [0.2, 0.25) is 5.91 Å². The zero-order valence-corrected chi connectivity index (χ0v) is 19.9. The van der Waals surface area contributed by atoms with Crippen molar-refractivity contribution in [2.75, 3.05) is 25.9 Å². The second kappa shape index (κ2) is 13.9. The Morgan fingerprint density at radius 2 is 1.96 bits per heavy atom. The van der Waals surface area contributed by atoms with Crippen molar-refractivity contribution in [1.82, 2.24) is 16.0 Å². The fourth-order valence-corrected chi connectivity index (χ4v) is 4.70. The molecule has 158 valence electrons. The van der Waals surface area contributed by atoms with Gasteiger partial charge in [-0.05, 0) is 31.2 Å². The molecule has 1 aliphatic rings. The van der Waals surface area contributed by atoms with Gasteiger partial charge in [-0.15, -0.1) is 24.0 Å². The van der Waals surface area contributed by atoms with Crippen molar-refractivity contribution in [2.24, 2.45) is 4.99 Å². The third-order valence-electron chi connectivity index (χ3n) is 4.84. The number of carbonyl (C=O) groups excluding carboxylic acids is 1. The maximum atomic E-state index is 12.1. The van der Waals surface area contributed by atoms with E-state index in [1.54, 1.807) is 7.05 Å². The van der Waals surface area contributed by atoms with E-state index < -0.39 is 10.8 Å². The lowest BCUT2D eigenvalue weighted by Crippen LogP contribution is -2.49. The van der Waals surface area contributed by atoms with Crippen molar-refractivity contribution in [3.8, 4) is 0 Å². The van der Waals surface area contributed by atoms with E-state index in [0.29, 0.717) is 18.3 Å². The molecule has 1 aliphatic carbocycles. The van der Waals surface area contributed by atoms with Crippen LogP contribution in [0.4, 0.5) is 0 Å². The number of amides is 1. The molecule has 1 amide bonds. The van der Waals surface area contributed by atoms with Gasteiger partial charge >= 0.3 is 0 Å². The quantitative estimate of drug-likeness (QED) is 0.279. The fourth-order valence-electron chi connectivity index (χ4n) is 3.36. The van der Waals surface area contributed by atoms with Gasteiger partial charge in [0.15, 0.2) is 5.96 Å². The average Bonchev–Trinajstić information content (AvgIpc) is 2.71. The van der Waals surface area contributed by atoms with Crippen molar-refractivity contribution in [1.29, 1.82) is 0 Å². The van der Waals surface area contributed by atoms with Gasteiger partial charge in [-0.25, -0.2) is 0 Å². The highest BCUT2D eigenvalue weighted by Gasteiger charge is 2.26. The fraction of sp³-hybridized carbons (Fsp3) is 0.600. The Labute approximate surface area is 188 Å². The van der Waals surface area contributed by atoms with Crippen LogP contribution in [0.3, 0.4) is 0 Å². The number of nitrogens with zero attached hydrogens (tertiary/aromatic N) is 1. The maximum Gasteiger partial charge on any atom is 0.239 e. The minimum Gasteiger partial charge on any atom is -0.354 e. The molecule has 0 spiro atoms. The lowest BCUT2D eigenvalue weighted by atomic mass is 9.95. The molecule has 0 aliphatic heterocycles. The molecule has 3 atom stereocenters. The van der Waals surface area contributed by atoms with E-state index in [0.717, 1.165) is 32.1 Å². The minimum atomic E-state index is -0.746. The topological polar surface area (TPSA) is 82.6 Å². The first-order chi connectivity index (χ1) is 13.1. The molecule has 0 aromatic heterocycles. The van der Waals surface area contributed by atoms with Gasteiger partial charge in [-0.2, -0.15) is 0 Å². The number of rotatable bonds is 8. The van der Waals surface area contributed by atoms with E-state index in [-0.39, 0.29) is 47.7 Å². The van der Waals surface area contributed by atoms with Crippen molar-refractivity contribution in [3.05, 3.63) is 35.9 Å². The van der Waals surface area contributed by atoms with Crippen LogP contribution in [0.2, 0.25) is 0 Å². The molecular weight excluding hydrogens is 487 g/mol. The van der Waals surface area contributed by atoms with Crippen LogP contribution in [0.5, 0.6) is 0 Å². The molecule has 0 radical (unpaired) electrons. The van der Waals surface area contributed by atoms with Crippen molar-refractivity contribution >= 4 is 46.6 Å². The van der Waals surface area contributed by atoms with Crippen molar-refractivity contribution in [3.63, 3.8) is 0 Å². The van der Waals surface area contributed by atoms with E-state index >= 15 is 0 Å².